The van der Waals surface area contributed by atoms with Crippen LogP contribution in [-0.4, -0.2) is 52.7 Å². The Morgan fingerprint density at radius 3 is 2.91 bits per heavy atom. The van der Waals surface area contributed by atoms with Crippen LogP contribution < -0.4 is 5.32 Å². The molecule has 2 amide bonds. The quantitative estimate of drug-likeness (QED) is 0.836. The topological polar surface area (TPSA) is 71.8 Å². The Hall–Kier alpha value is -2.05. The number of aryl methyl sites for hydroxylation is 3. The number of urea groups is 1. The smallest absolute Gasteiger partial charge is 0.317 e. The number of nitrogens with zero attached hydrogens (tertiary/aromatic N) is 4. The molecule has 0 saturated carbocycles. The van der Waals surface area contributed by atoms with Gasteiger partial charge >= 0.3 is 6.03 Å². The highest BCUT2D eigenvalue weighted by atomic mass is 16.6. The monoisotopic (exact) mass is 321 g/mol. The van der Waals surface area contributed by atoms with Gasteiger partial charge in [0.05, 0.1) is 18.0 Å². The van der Waals surface area contributed by atoms with E-state index in [-0.39, 0.29) is 12.1 Å². The molecule has 1 aromatic rings. The molecule has 23 heavy (non-hydrogen) atoms. The average Bonchev–Trinajstić information content (AvgIpc) is 3.11. The van der Waals surface area contributed by atoms with E-state index in [4.69, 9.17) is 4.84 Å². The van der Waals surface area contributed by atoms with Crippen molar-refractivity contribution in [2.24, 2.45) is 5.16 Å². The zero-order valence-corrected chi connectivity index (χ0v) is 14.5. The Bertz CT molecular complexity index is 567. The molecule has 7 nitrogen and oxygen atoms in total. The fourth-order valence-corrected chi connectivity index (χ4v) is 2.60. The van der Waals surface area contributed by atoms with Crippen LogP contribution in [0.4, 0.5) is 4.79 Å². The molecule has 1 aliphatic rings. The Balaban J connectivity index is 1.64. The first kappa shape index (κ1) is 17.3. The van der Waals surface area contributed by atoms with Crippen molar-refractivity contribution in [3.05, 3.63) is 17.5 Å². The van der Waals surface area contributed by atoms with E-state index >= 15 is 0 Å². The third kappa shape index (κ3) is 4.97. The van der Waals surface area contributed by atoms with E-state index in [9.17, 15) is 4.79 Å². The maximum absolute atomic E-state index is 12.1. The van der Waals surface area contributed by atoms with Crippen molar-refractivity contribution in [2.45, 2.75) is 52.7 Å². The summed E-state index contributed by atoms with van der Waals surface area (Å²) in [7, 11) is 1.81. The first-order chi connectivity index (χ1) is 11.0. The highest BCUT2D eigenvalue weighted by Gasteiger charge is 2.20. The lowest BCUT2D eigenvalue weighted by Gasteiger charge is -2.19. The van der Waals surface area contributed by atoms with Crippen molar-refractivity contribution in [1.82, 2.24) is 20.0 Å². The second-order valence-corrected chi connectivity index (χ2v) is 6.05. The summed E-state index contributed by atoms with van der Waals surface area (Å²) < 4.78 is 1.98. The van der Waals surface area contributed by atoms with Crippen molar-refractivity contribution in [3.8, 4) is 0 Å². The number of carbonyl (C=O) groups excluding carboxylic acids is 1. The predicted octanol–water partition coefficient (Wildman–Crippen LogP) is 2.09. The number of amides is 2. The van der Waals surface area contributed by atoms with Crippen LogP contribution in [-0.2, 0) is 11.4 Å². The Morgan fingerprint density at radius 1 is 1.52 bits per heavy atom. The molecule has 0 bridgehead atoms. The highest BCUT2D eigenvalue weighted by molar-refractivity contribution is 5.85. The summed E-state index contributed by atoms with van der Waals surface area (Å²) in [6.07, 6.45) is 2.54. The lowest BCUT2D eigenvalue weighted by molar-refractivity contribution is 0.0852. The van der Waals surface area contributed by atoms with Crippen molar-refractivity contribution < 1.29 is 9.63 Å². The number of oxime groups is 1. The van der Waals surface area contributed by atoms with E-state index in [1.165, 1.54) is 0 Å². The minimum absolute atomic E-state index is 0.0306. The Labute approximate surface area is 137 Å². The summed E-state index contributed by atoms with van der Waals surface area (Å²) in [6.45, 7) is 8.09. The van der Waals surface area contributed by atoms with Gasteiger partial charge in [-0.1, -0.05) is 12.1 Å². The van der Waals surface area contributed by atoms with E-state index < -0.39 is 0 Å². The van der Waals surface area contributed by atoms with E-state index in [0.29, 0.717) is 13.1 Å². The molecular formula is C16H27N5O2. The molecule has 0 spiro atoms. The maximum atomic E-state index is 12.1. The van der Waals surface area contributed by atoms with Crippen LogP contribution in [0.25, 0.3) is 0 Å². The normalized spacial score (nSPS) is 16.9. The molecule has 1 N–H and O–H groups in total. The molecule has 2 rings (SSSR count). The first-order valence-corrected chi connectivity index (χ1v) is 8.21. The standard InChI is InChI=1S/C16H27N5O2/c1-5-14-10-15(23-19-14)11-17-16(22)20(4)7-6-8-21-13(3)9-12(2)18-21/h9,15H,5-8,10-11H2,1-4H3,(H,17,22)/t15-/m1/s1. The van der Waals surface area contributed by atoms with Crippen molar-refractivity contribution in [3.63, 3.8) is 0 Å². The lowest BCUT2D eigenvalue weighted by atomic mass is 10.1. The number of hydrogen-bond acceptors (Lipinski definition) is 4. The van der Waals surface area contributed by atoms with Crippen LogP contribution in [0.15, 0.2) is 11.2 Å². The molecule has 7 heteroatoms. The molecular weight excluding hydrogens is 294 g/mol. The maximum Gasteiger partial charge on any atom is 0.317 e. The van der Waals surface area contributed by atoms with Crippen LogP contribution in [0, 0.1) is 13.8 Å². The van der Waals surface area contributed by atoms with Gasteiger partial charge < -0.3 is 15.1 Å². The second-order valence-electron chi connectivity index (χ2n) is 6.05. The molecule has 0 aromatic carbocycles. The van der Waals surface area contributed by atoms with E-state index in [1.54, 1.807) is 11.9 Å². The largest absolute Gasteiger partial charge is 0.390 e. The number of hydrogen-bond donors (Lipinski definition) is 1. The minimum Gasteiger partial charge on any atom is -0.390 e. The van der Waals surface area contributed by atoms with E-state index in [1.807, 2.05) is 18.5 Å². The van der Waals surface area contributed by atoms with Crippen LogP contribution in [0.2, 0.25) is 0 Å². The minimum atomic E-state index is -0.0769. The third-order valence-corrected chi connectivity index (χ3v) is 4.00. The molecule has 0 unspecified atom stereocenters. The number of nitrogens with one attached hydrogen (secondary N) is 1. The number of rotatable bonds is 7. The molecule has 0 radical (unpaired) electrons. The predicted molar refractivity (Wildman–Crippen MR) is 89.6 cm³/mol. The summed E-state index contributed by atoms with van der Waals surface area (Å²) in [5.74, 6) is 0. The molecule has 2 heterocycles. The molecule has 0 aliphatic carbocycles. The summed E-state index contributed by atoms with van der Waals surface area (Å²) in [4.78, 5) is 19.0. The van der Waals surface area contributed by atoms with Crippen molar-refractivity contribution >= 4 is 11.7 Å². The van der Waals surface area contributed by atoms with Gasteiger partial charge in [0.25, 0.3) is 0 Å². The fourth-order valence-electron chi connectivity index (χ4n) is 2.60. The fraction of sp³-hybridized carbons (Fsp3) is 0.688. The van der Waals surface area contributed by atoms with E-state index in [0.717, 1.165) is 42.9 Å². The molecule has 1 aliphatic heterocycles. The number of carbonyl (C=O) groups is 1. The van der Waals surface area contributed by atoms with Gasteiger partial charge in [-0.25, -0.2) is 4.79 Å². The molecule has 0 saturated heterocycles. The van der Waals surface area contributed by atoms with Gasteiger partial charge in [-0.3, -0.25) is 4.68 Å². The summed E-state index contributed by atoms with van der Waals surface area (Å²) in [5, 5.41) is 11.3. The van der Waals surface area contributed by atoms with E-state index in [2.05, 4.69) is 28.6 Å². The van der Waals surface area contributed by atoms with Gasteiger partial charge in [-0.15, -0.1) is 0 Å². The molecule has 128 valence electrons. The van der Waals surface area contributed by atoms with Gasteiger partial charge in [0.15, 0.2) is 0 Å². The summed E-state index contributed by atoms with van der Waals surface area (Å²) >= 11 is 0. The average molecular weight is 321 g/mol. The van der Waals surface area contributed by atoms with Gasteiger partial charge in [0, 0.05) is 32.3 Å². The lowest BCUT2D eigenvalue weighted by Crippen LogP contribution is -2.41. The zero-order chi connectivity index (χ0) is 16.8. The van der Waals surface area contributed by atoms with Crippen molar-refractivity contribution in [1.29, 1.82) is 0 Å². The first-order valence-electron chi connectivity index (χ1n) is 8.21. The van der Waals surface area contributed by atoms with Gasteiger partial charge in [0.2, 0.25) is 0 Å². The molecule has 0 fully saturated rings. The summed E-state index contributed by atoms with van der Waals surface area (Å²) in [5.41, 5.74) is 3.24. The Kier molecular flexibility index (Phi) is 6.01. The highest BCUT2D eigenvalue weighted by Crippen LogP contribution is 2.11. The zero-order valence-electron chi connectivity index (χ0n) is 14.5. The molecule has 1 atom stereocenters. The van der Waals surface area contributed by atoms with Crippen LogP contribution in [0.5, 0.6) is 0 Å². The summed E-state index contributed by atoms with van der Waals surface area (Å²) in [6, 6.07) is 1.98. The SMILES string of the molecule is CCC1=NO[C@@H](CNC(=O)N(C)CCCn2nc(C)cc2C)C1. The third-order valence-electron chi connectivity index (χ3n) is 4.00. The number of aromatic nitrogens is 2. The van der Waals surface area contributed by atoms with Crippen LogP contribution in [0.1, 0.15) is 37.6 Å². The Morgan fingerprint density at radius 2 is 2.30 bits per heavy atom. The second kappa shape index (κ2) is 7.99. The van der Waals surface area contributed by atoms with Gasteiger partial charge in [-0.05, 0) is 32.8 Å². The van der Waals surface area contributed by atoms with Gasteiger partial charge in [0.1, 0.15) is 6.10 Å². The molecule has 1 aromatic heterocycles. The van der Waals surface area contributed by atoms with Crippen LogP contribution >= 0.6 is 0 Å². The van der Waals surface area contributed by atoms with Gasteiger partial charge in [-0.2, -0.15) is 5.10 Å². The van der Waals surface area contributed by atoms with Crippen LogP contribution in [0.3, 0.4) is 0 Å². The van der Waals surface area contributed by atoms with Crippen molar-refractivity contribution in [2.75, 3.05) is 20.1 Å².